The summed E-state index contributed by atoms with van der Waals surface area (Å²) < 4.78 is 32.1. The molecule has 0 bridgehead atoms. The fourth-order valence-electron chi connectivity index (χ4n) is 4.95. The van der Waals surface area contributed by atoms with Gasteiger partial charge in [0, 0.05) is 19.5 Å². The summed E-state index contributed by atoms with van der Waals surface area (Å²) in [6, 6.07) is 24.3. The lowest BCUT2D eigenvalue weighted by molar-refractivity contribution is 0.0473. The molecule has 0 fully saturated rings. The van der Waals surface area contributed by atoms with Gasteiger partial charge >= 0.3 is 5.97 Å². The molecule has 0 radical (unpaired) electrons. The molecule has 6 nitrogen and oxygen atoms in total. The number of benzene rings is 3. The molecule has 1 unspecified atom stereocenters. The number of allylic oxidation sites excluding steroid dienone is 1. The number of pyridine rings is 1. The highest BCUT2D eigenvalue weighted by molar-refractivity contribution is 7.89. The maximum Gasteiger partial charge on any atom is 0.339 e. The average Bonchev–Trinajstić information content (AvgIpc) is 2.91. The number of esters is 1. The van der Waals surface area contributed by atoms with Gasteiger partial charge in [0.2, 0.25) is 10.0 Å². The van der Waals surface area contributed by atoms with Gasteiger partial charge in [0.05, 0.1) is 21.7 Å². The van der Waals surface area contributed by atoms with Crippen LogP contribution in [0.4, 0.5) is 0 Å². The van der Waals surface area contributed by atoms with E-state index >= 15 is 0 Å². The first-order valence-electron chi connectivity index (χ1n) is 12.6. The summed E-state index contributed by atoms with van der Waals surface area (Å²) in [6.45, 7) is 2.14. The van der Waals surface area contributed by atoms with Gasteiger partial charge in [-0.25, -0.2) is 22.5 Å². The summed E-state index contributed by atoms with van der Waals surface area (Å²) >= 11 is 0. The van der Waals surface area contributed by atoms with E-state index in [-0.39, 0.29) is 11.5 Å². The molecule has 1 heterocycles. The van der Waals surface area contributed by atoms with Crippen molar-refractivity contribution in [1.29, 1.82) is 0 Å². The number of ether oxygens (including phenoxy) is 1. The Morgan fingerprint density at radius 3 is 2.50 bits per heavy atom. The quantitative estimate of drug-likeness (QED) is 0.290. The number of fused-ring (bicyclic) bond motifs is 2. The molecular weight excluding hydrogens is 496 g/mol. The van der Waals surface area contributed by atoms with Gasteiger partial charge in [-0.1, -0.05) is 67.6 Å². The van der Waals surface area contributed by atoms with Crippen molar-refractivity contribution in [2.24, 2.45) is 5.92 Å². The zero-order valence-electron chi connectivity index (χ0n) is 21.7. The van der Waals surface area contributed by atoms with Crippen LogP contribution >= 0.6 is 0 Å². The number of para-hydroxylation sites is 1. The fraction of sp³-hybridized carbons (Fsp3) is 0.226. The van der Waals surface area contributed by atoms with E-state index in [1.807, 2.05) is 42.5 Å². The van der Waals surface area contributed by atoms with Crippen LogP contribution in [0.25, 0.3) is 22.6 Å². The second-order valence-electron chi connectivity index (χ2n) is 9.94. The van der Waals surface area contributed by atoms with Crippen molar-refractivity contribution in [3.05, 3.63) is 107 Å². The lowest BCUT2D eigenvalue weighted by Gasteiger charge is -2.26. The number of hydrogen-bond acceptors (Lipinski definition) is 5. The van der Waals surface area contributed by atoms with Gasteiger partial charge in [0.25, 0.3) is 0 Å². The standard InChI is InChI=1S/C31H30N2O4S/c1-21-16-24(18-22-10-5-4-6-11-22)30-27(17-21)29(26-14-7-8-15-28(26)32-30)31(34)37-20-23-12-9-13-25(19-23)38(35,36)33(2)3/h4-15,18-19,21H,16-17,20H2,1-3H3. The van der Waals surface area contributed by atoms with Crippen molar-refractivity contribution in [3.8, 4) is 0 Å². The van der Waals surface area contributed by atoms with Crippen LogP contribution < -0.4 is 0 Å². The second-order valence-corrected chi connectivity index (χ2v) is 12.1. The first kappa shape index (κ1) is 25.8. The Labute approximate surface area is 223 Å². The second kappa shape index (κ2) is 10.5. The number of nitrogens with zero attached hydrogens (tertiary/aromatic N) is 2. The number of hydrogen-bond donors (Lipinski definition) is 0. The lowest BCUT2D eigenvalue weighted by atomic mass is 9.80. The van der Waals surface area contributed by atoms with E-state index in [1.54, 1.807) is 18.2 Å². The molecule has 0 N–H and O–H groups in total. The SMILES string of the molecule is CC1CC(=Cc2ccccc2)c2nc3ccccc3c(C(=O)OCc3cccc(S(=O)(=O)N(C)C)c3)c2C1. The number of aromatic nitrogens is 1. The van der Waals surface area contributed by atoms with Gasteiger partial charge in [-0.15, -0.1) is 0 Å². The molecule has 3 aromatic carbocycles. The van der Waals surface area contributed by atoms with Crippen molar-refractivity contribution in [1.82, 2.24) is 9.29 Å². The minimum Gasteiger partial charge on any atom is -0.457 e. The molecule has 0 amide bonds. The van der Waals surface area contributed by atoms with Crippen LogP contribution in [0, 0.1) is 5.92 Å². The minimum absolute atomic E-state index is 0.0384. The highest BCUT2D eigenvalue weighted by atomic mass is 32.2. The van der Waals surface area contributed by atoms with Crippen molar-refractivity contribution in [2.75, 3.05) is 14.1 Å². The van der Waals surface area contributed by atoms with E-state index in [0.29, 0.717) is 17.0 Å². The van der Waals surface area contributed by atoms with Crippen molar-refractivity contribution < 1.29 is 17.9 Å². The molecule has 7 heteroatoms. The fourth-order valence-corrected chi connectivity index (χ4v) is 5.92. The van der Waals surface area contributed by atoms with E-state index in [1.165, 1.54) is 20.2 Å². The van der Waals surface area contributed by atoms with Crippen LogP contribution in [0.3, 0.4) is 0 Å². The van der Waals surface area contributed by atoms with Crippen molar-refractivity contribution in [3.63, 3.8) is 0 Å². The van der Waals surface area contributed by atoms with E-state index in [0.717, 1.165) is 50.4 Å². The van der Waals surface area contributed by atoms with Gasteiger partial charge in [-0.05, 0) is 65.3 Å². The smallest absolute Gasteiger partial charge is 0.339 e. The molecule has 194 valence electrons. The van der Waals surface area contributed by atoms with Crippen LogP contribution in [0.2, 0.25) is 0 Å². The highest BCUT2D eigenvalue weighted by Crippen LogP contribution is 2.38. The molecule has 1 atom stereocenters. The predicted molar refractivity (Wildman–Crippen MR) is 150 cm³/mol. The Morgan fingerprint density at radius 2 is 1.74 bits per heavy atom. The summed E-state index contributed by atoms with van der Waals surface area (Å²) in [5.41, 5.74) is 5.82. The van der Waals surface area contributed by atoms with Crippen LogP contribution in [-0.2, 0) is 27.8 Å². The van der Waals surface area contributed by atoms with E-state index in [9.17, 15) is 13.2 Å². The topological polar surface area (TPSA) is 76.6 Å². The predicted octanol–water partition coefficient (Wildman–Crippen LogP) is 5.97. The van der Waals surface area contributed by atoms with Gasteiger partial charge in [0.15, 0.2) is 0 Å². The molecule has 4 aromatic rings. The van der Waals surface area contributed by atoms with Crippen LogP contribution in [0.1, 0.15) is 46.1 Å². The molecule has 1 aliphatic rings. The lowest BCUT2D eigenvalue weighted by Crippen LogP contribution is -2.22. The third-order valence-electron chi connectivity index (χ3n) is 6.81. The van der Waals surface area contributed by atoms with Gasteiger partial charge < -0.3 is 4.74 Å². The van der Waals surface area contributed by atoms with E-state index in [4.69, 9.17) is 9.72 Å². The van der Waals surface area contributed by atoms with E-state index < -0.39 is 16.0 Å². The van der Waals surface area contributed by atoms with Crippen molar-refractivity contribution >= 4 is 38.5 Å². The summed E-state index contributed by atoms with van der Waals surface area (Å²) in [4.78, 5) is 18.8. The summed E-state index contributed by atoms with van der Waals surface area (Å²) in [6.07, 6.45) is 3.75. The minimum atomic E-state index is -3.59. The zero-order chi connectivity index (χ0) is 26.9. The molecular formula is C31H30N2O4S. The van der Waals surface area contributed by atoms with Gasteiger partial charge in [-0.3, -0.25) is 0 Å². The number of carbonyl (C=O) groups excluding carboxylic acids is 1. The molecule has 38 heavy (non-hydrogen) atoms. The molecule has 0 spiro atoms. The third-order valence-corrected chi connectivity index (χ3v) is 8.62. The zero-order valence-corrected chi connectivity index (χ0v) is 22.5. The van der Waals surface area contributed by atoms with Crippen LogP contribution in [0.15, 0.2) is 83.8 Å². The molecule has 5 rings (SSSR count). The van der Waals surface area contributed by atoms with Crippen molar-refractivity contribution in [2.45, 2.75) is 31.3 Å². The summed E-state index contributed by atoms with van der Waals surface area (Å²) in [7, 11) is -0.616. The Bertz CT molecular complexity index is 1640. The normalized spacial score (nSPS) is 16.5. The Morgan fingerprint density at radius 1 is 1.00 bits per heavy atom. The average molecular weight is 527 g/mol. The first-order chi connectivity index (χ1) is 18.2. The maximum absolute atomic E-state index is 13.7. The number of carbonyl (C=O) groups is 1. The summed E-state index contributed by atoms with van der Waals surface area (Å²) in [5, 5.41) is 0.758. The van der Waals surface area contributed by atoms with Crippen LogP contribution in [-0.4, -0.2) is 37.8 Å². The maximum atomic E-state index is 13.7. The van der Waals surface area contributed by atoms with Gasteiger partial charge in [0.1, 0.15) is 6.61 Å². The monoisotopic (exact) mass is 526 g/mol. The Hall–Kier alpha value is -3.81. The Balaban J connectivity index is 1.54. The highest BCUT2D eigenvalue weighted by Gasteiger charge is 2.29. The number of sulfonamides is 1. The molecule has 0 saturated heterocycles. The first-order valence-corrected chi connectivity index (χ1v) is 14.0. The number of rotatable bonds is 6. The Kier molecular flexibility index (Phi) is 7.15. The van der Waals surface area contributed by atoms with Gasteiger partial charge in [-0.2, -0.15) is 0 Å². The molecule has 1 aromatic heterocycles. The largest absolute Gasteiger partial charge is 0.457 e. The van der Waals surface area contributed by atoms with Crippen LogP contribution in [0.5, 0.6) is 0 Å². The molecule has 1 aliphatic carbocycles. The summed E-state index contributed by atoms with van der Waals surface area (Å²) in [5.74, 6) is -0.103. The molecule has 0 saturated carbocycles. The molecule has 0 aliphatic heterocycles. The third kappa shape index (κ3) is 5.12. The van der Waals surface area contributed by atoms with E-state index in [2.05, 4.69) is 25.1 Å².